The third-order valence-electron chi connectivity index (χ3n) is 2.68. The number of alkyl halides is 6. The van der Waals surface area contributed by atoms with Gasteiger partial charge in [0.1, 0.15) is 13.2 Å². The quantitative estimate of drug-likeness (QED) is 0.343. The van der Waals surface area contributed by atoms with Gasteiger partial charge in [-0.25, -0.2) is 0 Å². The molecular formula is C6H8Cl3F6N3O3P3+. The number of fused-ring (bicyclic) bond motifs is 2. The van der Waals surface area contributed by atoms with Crippen LogP contribution in [-0.4, -0.2) is 38.1 Å². The predicted octanol–water partition coefficient (Wildman–Crippen LogP) is 6.48. The van der Waals surface area contributed by atoms with Crippen LogP contribution < -0.4 is 4.86 Å². The molecule has 142 valence electrons. The lowest BCUT2D eigenvalue weighted by Crippen LogP contribution is -2.58. The summed E-state index contributed by atoms with van der Waals surface area (Å²) < 4.78 is 102. The molecule has 2 bridgehead atoms. The van der Waals surface area contributed by atoms with Crippen molar-refractivity contribution in [1.82, 2.24) is 4.86 Å². The first-order valence-electron chi connectivity index (χ1n) is 5.63. The smallest absolute Gasteiger partial charge is 0.312 e. The molecule has 0 aliphatic carbocycles. The van der Waals surface area contributed by atoms with E-state index in [0.29, 0.717) is 0 Å². The second kappa shape index (κ2) is 6.36. The third-order valence-corrected chi connectivity index (χ3v) is 14.5. The molecule has 3 atom stereocenters. The average molecular weight is 483 g/mol. The van der Waals surface area contributed by atoms with Crippen LogP contribution in [0.3, 0.4) is 0 Å². The van der Waals surface area contributed by atoms with Crippen molar-refractivity contribution in [2.24, 2.45) is 9.03 Å². The topological polar surface area (TPSA) is 64.4 Å². The van der Waals surface area contributed by atoms with Crippen LogP contribution in [0.1, 0.15) is 0 Å². The van der Waals surface area contributed by atoms with Crippen molar-refractivity contribution in [1.29, 1.82) is 0 Å². The molecule has 0 spiro atoms. The molecule has 0 aromatic heterocycles. The Hall–Kier alpha value is 1.18. The lowest BCUT2D eigenvalue weighted by atomic mass is 10.1. The monoisotopic (exact) mass is 482 g/mol. The summed E-state index contributed by atoms with van der Waals surface area (Å²) in [5, 5.41) is 0. The molecule has 0 aromatic carbocycles. The average Bonchev–Trinajstić information content (AvgIpc) is 2.41. The maximum absolute atomic E-state index is 13.6. The zero-order chi connectivity index (χ0) is 18.7. The maximum Gasteiger partial charge on any atom is 0.491 e. The molecule has 2 aliphatic rings. The van der Waals surface area contributed by atoms with Gasteiger partial charge >= 0.3 is 24.9 Å². The van der Waals surface area contributed by atoms with Crippen LogP contribution in [-0.2, 0) is 13.6 Å². The van der Waals surface area contributed by atoms with Crippen LogP contribution in [0.2, 0.25) is 0 Å². The van der Waals surface area contributed by atoms with Crippen molar-refractivity contribution in [3.05, 3.63) is 0 Å². The Balaban J connectivity index is 2.57. The maximum atomic E-state index is 13.6. The van der Waals surface area contributed by atoms with Gasteiger partial charge in [-0.3, -0.25) is 0 Å². The first-order valence-corrected chi connectivity index (χ1v) is 13.3. The lowest BCUT2D eigenvalue weighted by Gasteiger charge is -2.36. The van der Waals surface area contributed by atoms with E-state index in [-0.39, 0.29) is 0 Å². The summed E-state index contributed by atoms with van der Waals surface area (Å²) in [6.07, 6.45) is 0. The number of halogens is 9. The highest BCUT2D eigenvalue weighted by molar-refractivity contribution is 8.09. The predicted molar refractivity (Wildman–Crippen MR) is 80.1 cm³/mol. The summed E-state index contributed by atoms with van der Waals surface area (Å²) in [4.78, 5) is 2.10. The Kier molecular flexibility index (Phi) is 5.70. The Bertz CT molecular complexity index is 606. The van der Waals surface area contributed by atoms with E-state index in [1.807, 2.05) is 0 Å². The molecule has 0 amide bonds. The van der Waals surface area contributed by atoms with Gasteiger partial charge in [0.25, 0.3) is 13.6 Å². The van der Waals surface area contributed by atoms with E-state index in [9.17, 15) is 26.3 Å². The highest BCUT2D eigenvalue weighted by Gasteiger charge is 2.73. The zero-order valence-corrected chi connectivity index (χ0v) is 16.2. The van der Waals surface area contributed by atoms with Gasteiger partial charge in [0, 0.05) is 0 Å². The van der Waals surface area contributed by atoms with Gasteiger partial charge in [-0.2, -0.15) is 35.7 Å². The molecule has 2 heterocycles. The summed E-state index contributed by atoms with van der Waals surface area (Å²) in [6, 6.07) is 0. The molecular weight excluding hydrogens is 475 g/mol. The summed E-state index contributed by atoms with van der Waals surface area (Å²) in [6.45, 7) is -12.4. The van der Waals surface area contributed by atoms with Gasteiger partial charge in [0.2, 0.25) is 0 Å². The van der Waals surface area contributed by atoms with E-state index in [0.717, 1.165) is 7.11 Å². The first-order chi connectivity index (χ1) is 10.6. The minimum Gasteiger partial charge on any atom is -0.312 e. The number of nitrogens with one attached hydrogen (secondary N) is 1. The van der Waals surface area contributed by atoms with E-state index in [1.54, 1.807) is 0 Å². The molecule has 0 aromatic rings. The normalized spacial score (nSPS) is 44.1. The standard InChI is InChI=1S/C6H8Cl3F6N3O3P3/c1-19-22(7)16-23(8)18-24(9,17-22)21-3-5(12,13)6(14,15)4(10,11)2-20-23/h18H,2-3H2,1H3/q+1/t22?,23-,24+. The van der Waals surface area contributed by atoms with Crippen LogP contribution in [0.25, 0.3) is 0 Å². The van der Waals surface area contributed by atoms with Gasteiger partial charge < -0.3 is 9.05 Å². The molecule has 2 aliphatic heterocycles. The Morgan fingerprint density at radius 2 is 1.38 bits per heavy atom. The first kappa shape index (κ1) is 21.5. The second-order valence-corrected chi connectivity index (χ2v) is 14.6. The minimum absolute atomic E-state index is 1.02. The third kappa shape index (κ3) is 3.88. The summed E-state index contributed by atoms with van der Waals surface area (Å²) in [5.41, 5.74) is 0. The second-order valence-electron chi connectivity index (χ2n) is 4.47. The number of hydrogen-bond acceptors (Lipinski definition) is 6. The fourth-order valence-corrected chi connectivity index (χ4v) is 15.0. The molecule has 6 nitrogen and oxygen atoms in total. The van der Waals surface area contributed by atoms with Crippen LogP contribution in [0.15, 0.2) is 9.03 Å². The highest BCUT2D eigenvalue weighted by atomic mass is 35.7. The molecule has 24 heavy (non-hydrogen) atoms. The van der Waals surface area contributed by atoms with Crippen molar-refractivity contribution < 1.29 is 39.9 Å². The van der Waals surface area contributed by atoms with Gasteiger partial charge in [-0.1, -0.05) is 0 Å². The van der Waals surface area contributed by atoms with E-state index in [4.69, 9.17) is 38.2 Å². The Morgan fingerprint density at radius 3 is 1.71 bits per heavy atom. The van der Waals surface area contributed by atoms with Crippen molar-refractivity contribution >= 4 is 54.4 Å². The van der Waals surface area contributed by atoms with E-state index < -0.39 is 51.7 Å². The van der Waals surface area contributed by atoms with Crippen molar-refractivity contribution in [2.75, 3.05) is 20.3 Å². The van der Waals surface area contributed by atoms with E-state index >= 15 is 0 Å². The summed E-state index contributed by atoms with van der Waals surface area (Å²) >= 11 is 17.6. The molecule has 1 N–H and O–H groups in total. The molecule has 1 fully saturated rings. The van der Waals surface area contributed by atoms with Gasteiger partial charge in [0.15, 0.2) is 11.2 Å². The number of hydrogen-bond donors (Lipinski definition) is 1. The van der Waals surface area contributed by atoms with Crippen molar-refractivity contribution in [3.8, 4) is 0 Å². The van der Waals surface area contributed by atoms with E-state index in [2.05, 4.69) is 22.9 Å². The lowest BCUT2D eigenvalue weighted by molar-refractivity contribution is -0.319. The molecule has 0 radical (unpaired) electrons. The fourth-order valence-electron chi connectivity index (χ4n) is 1.46. The number of nitrogens with zero attached hydrogens (tertiary/aromatic N) is 2. The van der Waals surface area contributed by atoms with Crippen LogP contribution >= 0.6 is 54.4 Å². The van der Waals surface area contributed by atoms with Gasteiger partial charge in [0.05, 0.1) is 7.11 Å². The molecule has 1 unspecified atom stereocenters. The highest BCUT2D eigenvalue weighted by Crippen LogP contribution is 2.86. The minimum atomic E-state index is -5.80. The summed E-state index contributed by atoms with van der Waals surface area (Å²) in [5.74, 6) is -16.4. The van der Waals surface area contributed by atoms with Crippen LogP contribution in [0.5, 0.6) is 0 Å². The summed E-state index contributed by atoms with van der Waals surface area (Å²) in [7, 11) is -2.66. The molecule has 1 saturated heterocycles. The zero-order valence-electron chi connectivity index (χ0n) is 11.3. The van der Waals surface area contributed by atoms with Crippen molar-refractivity contribution in [3.63, 3.8) is 0 Å². The molecule has 0 saturated carbocycles. The number of rotatable bonds is 1. The van der Waals surface area contributed by atoms with Crippen LogP contribution in [0, 0.1) is 0 Å². The van der Waals surface area contributed by atoms with Crippen LogP contribution in [0.4, 0.5) is 26.3 Å². The van der Waals surface area contributed by atoms with Crippen molar-refractivity contribution in [2.45, 2.75) is 17.8 Å². The SMILES string of the molecule is CO[P+]1(Cl)N=[P@@]2(Cl)N[P@@](Cl)(=N1)OCC(F)(F)C(F)(F)C(F)(F)CO2. The molecule has 18 heteroatoms. The van der Waals surface area contributed by atoms with E-state index in [1.165, 1.54) is 0 Å². The van der Waals surface area contributed by atoms with Gasteiger partial charge in [-0.15, -0.1) is 0 Å². The largest absolute Gasteiger partial charge is 0.491 e. The molecule has 2 rings (SSSR count). The Morgan fingerprint density at radius 1 is 1.00 bits per heavy atom. The van der Waals surface area contributed by atoms with Gasteiger partial charge in [-0.05, 0) is 31.5 Å². The Labute approximate surface area is 146 Å². The fraction of sp³-hybridized carbons (Fsp3) is 1.00.